The van der Waals surface area contributed by atoms with Crippen LogP contribution in [0.25, 0.3) is 10.9 Å². The number of rotatable bonds is 7. The number of hydrogen-bond acceptors (Lipinski definition) is 4. The van der Waals surface area contributed by atoms with Crippen LogP contribution in [0.4, 0.5) is 4.79 Å². The number of aromatic nitrogens is 1. The third-order valence-electron chi connectivity index (χ3n) is 7.15. The number of amides is 4. The Balaban J connectivity index is 1.34. The molecule has 8 nitrogen and oxygen atoms in total. The number of hydrogen-bond donors (Lipinski definition) is 2. The summed E-state index contributed by atoms with van der Waals surface area (Å²) in [6, 6.07) is 17.7. The van der Waals surface area contributed by atoms with E-state index in [-0.39, 0.29) is 12.5 Å². The number of carbonyl (C=O) groups excluding carboxylic acids is 3. The van der Waals surface area contributed by atoms with E-state index in [1.54, 1.807) is 4.90 Å². The van der Waals surface area contributed by atoms with Crippen molar-refractivity contribution < 1.29 is 14.4 Å². The Bertz CT molecular complexity index is 1210. The Morgan fingerprint density at radius 1 is 1.00 bits per heavy atom. The number of nitrogens with zero attached hydrogens (tertiary/aromatic N) is 3. The predicted octanol–water partition coefficient (Wildman–Crippen LogP) is 2.49. The van der Waals surface area contributed by atoms with Gasteiger partial charge >= 0.3 is 6.03 Å². The fourth-order valence-corrected chi connectivity index (χ4v) is 5.34. The zero-order valence-electron chi connectivity index (χ0n) is 19.1. The van der Waals surface area contributed by atoms with Gasteiger partial charge in [-0.05, 0) is 36.5 Å². The van der Waals surface area contributed by atoms with Crippen LogP contribution in [0.3, 0.4) is 0 Å². The van der Waals surface area contributed by atoms with Gasteiger partial charge in [0.2, 0.25) is 5.91 Å². The molecular formula is C26H29N5O3. The van der Waals surface area contributed by atoms with Gasteiger partial charge in [-0.25, -0.2) is 4.79 Å². The number of benzene rings is 2. The Morgan fingerprint density at radius 3 is 2.44 bits per heavy atom. The van der Waals surface area contributed by atoms with E-state index >= 15 is 0 Å². The van der Waals surface area contributed by atoms with Crippen molar-refractivity contribution in [1.82, 2.24) is 19.7 Å². The van der Waals surface area contributed by atoms with Crippen LogP contribution >= 0.6 is 0 Å². The average Bonchev–Trinajstić information content (AvgIpc) is 3.33. The summed E-state index contributed by atoms with van der Waals surface area (Å²) in [6.07, 6.45) is 3.75. The second-order valence-electron chi connectivity index (χ2n) is 9.19. The zero-order chi connectivity index (χ0) is 23.7. The van der Waals surface area contributed by atoms with Crippen molar-refractivity contribution >= 4 is 28.7 Å². The highest BCUT2D eigenvalue weighted by atomic mass is 16.2. The summed E-state index contributed by atoms with van der Waals surface area (Å²) in [5.74, 6) is -0.977. The van der Waals surface area contributed by atoms with Crippen LogP contribution in [-0.2, 0) is 22.6 Å². The van der Waals surface area contributed by atoms with E-state index in [0.717, 1.165) is 22.5 Å². The van der Waals surface area contributed by atoms with E-state index in [9.17, 15) is 14.4 Å². The quantitative estimate of drug-likeness (QED) is 0.530. The zero-order valence-corrected chi connectivity index (χ0v) is 19.1. The summed E-state index contributed by atoms with van der Waals surface area (Å²) in [5, 5.41) is 1.20. The summed E-state index contributed by atoms with van der Waals surface area (Å²) >= 11 is 0. The predicted molar refractivity (Wildman–Crippen MR) is 129 cm³/mol. The highest BCUT2D eigenvalue weighted by Gasteiger charge is 2.57. The standard InChI is InChI=1S/C26H29N5O3/c27-23(32)18-30-24(33)26(31(25(30)34)13-10-19-6-2-1-3-7-19)11-14-29(15-12-26)17-20-16-28-22-9-5-4-8-21(20)22/h1-9,16,28H,10-15,17-18H2,(H2,27,32). The second kappa shape index (κ2) is 8.95. The molecular weight excluding hydrogens is 430 g/mol. The summed E-state index contributed by atoms with van der Waals surface area (Å²) in [4.78, 5) is 46.7. The molecule has 3 aromatic rings. The smallest absolute Gasteiger partial charge is 0.328 e. The Hall–Kier alpha value is -3.65. The van der Waals surface area contributed by atoms with Gasteiger partial charge in [-0.2, -0.15) is 0 Å². The number of imide groups is 1. The lowest BCUT2D eigenvalue weighted by atomic mass is 9.85. The Morgan fingerprint density at radius 2 is 1.71 bits per heavy atom. The SMILES string of the molecule is NC(=O)CN1C(=O)N(CCc2ccccc2)C2(CCN(Cc3c[nH]c4ccccc34)CC2)C1=O. The molecule has 3 heterocycles. The number of aromatic amines is 1. The van der Waals surface area contributed by atoms with Crippen LogP contribution < -0.4 is 5.73 Å². The normalized spacial score (nSPS) is 18.4. The van der Waals surface area contributed by atoms with Gasteiger partial charge < -0.3 is 15.6 Å². The fourth-order valence-electron chi connectivity index (χ4n) is 5.34. The lowest BCUT2D eigenvalue weighted by Gasteiger charge is -2.42. The van der Waals surface area contributed by atoms with Crippen LogP contribution in [0, 0.1) is 0 Å². The van der Waals surface area contributed by atoms with Gasteiger partial charge in [0.05, 0.1) is 0 Å². The largest absolute Gasteiger partial charge is 0.368 e. The van der Waals surface area contributed by atoms with Crippen LogP contribution in [0.1, 0.15) is 24.0 Å². The average molecular weight is 460 g/mol. The molecule has 176 valence electrons. The number of nitrogens with two attached hydrogens (primary N) is 1. The molecule has 4 amide bonds. The van der Waals surface area contributed by atoms with Crippen LogP contribution in [0.2, 0.25) is 0 Å². The number of fused-ring (bicyclic) bond motifs is 1. The van der Waals surface area contributed by atoms with E-state index < -0.39 is 17.5 Å². The molecule has 8 heteroatoms. The minimum absolute atomic E-state index is 0.295. The van der Waals surface area contributed by atoms with Crippen molar-refractivity contribution in [3.05, 3.63) is 71.9 Å². The van der Waals surface area contributed by atoms with Gasteiger partial charge in [-0.1, -0.05) is 48.5 Å². The van der Waals surface area contributed by atoms with E-state index in [1.807, 2.05) is 48.7 Å². The van der Waals surface area contributed by atoms with Crippen molar-refractivity contribution in [2.24, 2.45) is 5.73 Å². The van der Waals surface area contributed by atoms with Gasteiger partial charge in [-0.15, -0.1) is 0 Å². The summed E-state index contributed by atoms with van der Waals surface area (Å²) < 4.78 is 0. The minimum Gasteiger partial charge on any atom is -0.368 e. The van der Waals surface area contributed by atoms with Crippen molar-refractivity contribution in [1.29, 1.82) is 0 Å². The van der Waals surface area contributed by atoms with Crippen molar-refractivity contribution in [2.45, 2.75) is 31.3 Å². The maximum absolute atomic E-state index is 13.5. The molecule has 34 heavy (non-hydrogen) atoms. The third kappa shape index (κ3) is 3.94. The van der Waals surface area contributed by atoms with E-state index in [0.29, 0.717) is 38.9 Å². The molecule has 2 saturated heterocycles. The lowest BCUT2D eigenvalue weighted by molar-refractivity contribution is -0.137. The number of para-hydroxylation sites is 1. The van der Waals surface area contributed by atoms with Gasteiger partial charge in [0.25, 0.3) is 5.91 Å². The maximum atomic E-state index is 13.5. The van der Waals surface area contributed by atoms with Crippen LogP contribution in [0.15, 0.2) is 60.8 Å². The third-order valence-corrected chi connectivity index (χ3v) is 7.15. The highest BCUT2D eigenvalue weighted by molar-refractivity contribution is 6.09. The summed E-state index contributed by atoms with van der Waals surface area (Å²) in [7, 11) is 0. The first-order valence-corrected chi connectivity index (χ1v) is 11.7. The monoisotopic (exact) mass is 459 g/mol. The molecule has 2 aliphatic heterocycles. The first-order chi connectivity index (χ1) is 16.5. The number of primary amides is 1. The summed E-state index contributed by atoms with van der Waals surface area (Å²) in [5.41, 5.74) is 7.86. The first-order valence-electron chi connectivity index (χ1n) is 11.7. The number of nitrogens with one attached hydrogen (secondary N) is 1. The van der Waals surface area contributed by atoms with Crippen molar-refractivity contribution in [3.8, 4) is 0 Å². The molecule has 0 aliphatic carbocycles. The lowest BCUT2D eigenvalue weighted by Crippen LogP contribution is -2.56. The van der Waals surface area contributed by atoms with E-state index in [1.165, 1.54) is 10.9 Å². The molecule has 5 rings (SSSR count). The topological polar surface area (TPSA) is 103 Å². The maximum Gasteiger partial charge on any atom is 0.328 e. The molecule has 0 atom stereocenters. The molecule has 0 unspecified atom stereocenters. The van der Waals surface area contributed by atoms with E-state index in [2.05, 4.69) is 22.0 Å². The van der Waals surface area contributed by atoms with Gasteiger partial charge in [0, 0.05) is 43.3 Å². The molecule has 1 aromatic heterocycles. The van der Waals surface area contributed by atoms with Gasteiger partial charge in [0.15, 0.2) is 0 Å². The number of urea groups is 1. The highest BCUT2D eigenvalue weighted by Crippen LogP contribution is 2.38. The molecule has 1 spiro atoms. The number of H-pyrrole nitrogens is 1. The molecule has 0 bridgehead atoms. The Kier molecular flexibility index (Phi) is 5.83. The fraction of sp³-hybridized carbons (Fsp3) is 0.346. The van der Waals surface area contributed by atoms with E-state index in [4.69, 9.17) is 5.73 Å². The van der Waals surface area contributed by atoms with Crippen molar-refractivity contribution in [3.63, 3.8) is 0 Å². The number of likely N-dealkylation sites (tertiary alicyclic amines) is 1. The molecule has 2 fully saturated rings. The molecule has 2 aliphatic rings. The minimum atomic E-state index is -0.919. The Labute approximate surface area is 198 Å². The van der Waals surface area contributed by atoms with Crippen LogP contribution in [0.5, 0.6) is 0 Å². The molecule has 2 aromatic carbocycles. The molecule has 0 radical (unpaired) electrons. The number of piperidine rings is 1. The number of carbonyl (C=O) groups is 3. The second-order valence-corrected chi connectivity index (χ2v) is 9.19. The summed E-state index contributed by atoms with van der Waals surface area (Å²) in [6.45, 7) is 2.19. The molecule has 3 N–H and O–H groups in total. The molecule has 0 saturated carbocycles. The van der Waals surface area contributed by atoms with Crippen LogP contribution in [-0.4, -0.2) is 69.2 Å². The first kappa shape index (κ1) is 22.2. The van der Waals surface area contributed by atoms with Gasteiger partial charge in [-0.3, -0.25) is 19.4 Å². The van der Waals surface area contributed by atoms with Crippen molar-refractivity contribution in [2.75, 3.05) is 26.2 Å². The van der Waals surface area contributed by atoms with Gasteiger partial charge in [0.1, 0.15) is 12.1 Å².